The number of aryl methyl sites for hydroxylation is 2. The van der Waals surface area contributed by atoms with Gasteiger partial charge in [0.25, 0.3) is 5.56 Å². The monoisotopic (exact) mass is 437 g/mol. The zero-order valence-electron chi connectivity index (χ0n) is 16.8. The molecule has 0 aliphatic carbocycles. The van der Waals surface area contributed by atoms with Crippen LogP contribution in [0.25, 0.3) is 11.0 Å². The van der Waals surface area contributed by atoms with E-state index in [1.54, 1.807) is 41.9 Å². The number of hydrogen-bond donors (Lipinski definition) is 0. The molecular weight excluding hydrogens is 418 g/mol. The molecule has 0 bridgehead atoms. The number of thioether (sulfide) groups is 1. The number of hydrogen-bond acceptors (Lipinski definition) is 4. The lowest BCUT2D eigenvalue weighted by molar-refractivity contribution is 0.103. The van der Waals surface area contributed by atoms with Crippen molar-refractivity contribution in [3.8, 4) is 0 Å². The highest BCUT2D eigenvalue weighted by molar-refractivity contribution is 7.98. The smallest absolute Gasteiger partial charge is 0.263 e. The van der Waals surface area contributed by atoms with Gasteiger partial charge in [-0.25, -0.2) is 4.98 Å². The topological polar surface area (TPSA) is 56.9 Å². The number of carbonyl (C=O) groups is 1. The minimum Gasteiger partial charge on any atom is -0.335 e. The van der Waals surface area contributed by atoms with Crippen LogP contribution in [-0.4, -0.2) is 19.9 Å². The first-order valence-electron chi connectivity index (χ1n) is 9.40. The molecule has 0 aliphatic rings. The fourth-order valence-corrected chi connectivity index (χ4v) is 4.46. The van der Waals surface area contributed by atoms with Crippen molar-refractivity contribution in [1.82, 2.24) is 14.1 Å². The van der Waals surface area contributed by atoms with E-state index in [4.69, 9.17) is 16.6 Å². The Morgan fingerprint density at radius 1 is 1.10 bits per heavy atom. The van der Waals surface area contributed by atoms with Crippen LogP contribution in [0.1, 0.15) is 27.0 Å². The number of aromatic nitrogens is 3. The molecule has 2 aromatic carbocycles. The van der Waals surface area contributed by atoms with E-state index in [0.717, 1.165) is 11.1 Å². The van der Waals surface area contributed by atoms with E-state index >= 15 is 0 Å². The molecule has 0 atom stereocenters. The Morgan fingerprint density at radius 2 is 1.83 bits per heavy atom. The minimum atomic E-state index is -0.0512. The molecule has 0 saturated carbocycles. The standard InChI is InChI=1S/C23H20ClN3O2S/c1-14-12-26(2)21-19(14)22(29)27(3)23(25-21)30-13-15-5-4-6-17(11-15)20(28)16-7-9-18(24)10-8-16/h4-12H,13H2,1-3H3. The number of nitrogens with zero attached hydrogens (tertiary/aromatic N) is 3. The summed E-state index contributed by atoms with van der Waals surface area (Å²) in [6, 6.07) is 14.4. The normalized spacial score (nSPS) is 11.2. The molecule has 2 aromatic heterocycles. The van der Waals surface area contributed by atoms with Crippen LogP contribution in [0, 0.1) is 6.92 Å². The molecule has 0 spiro atoms. The first-order chi connectivity index (χ1) is 14.3. The lowest BCUT2D eigenvalue weighted by Crippen LogP contribution is -2.20. The summed E-state index contributed by atoms with van der Waals surface area (Å²) in [5.41, 5.74) is 3.75. The van der Waals surface area contributed by atoms with Gasteiger partial charge in [0, 0.05) is 42.2 Å². The fraction of sp³-hybridized carbons (Fsp3) is 0.174. The highest BCUT2D eigenvalue weighted by Crippen LogP contribution is 2.24. The highest BCUT2D eigenvalue weighted by Gasteiger charge is 2.15. The van der Waals surface area contributed by atoms with Crippen LogP contribution in [0.2, 0.25) is 5.02 Å². The summed E-state index contributed by atoms with van der Waals surface area (Å²) in [6.45, 7) is 1.92. The van der Waals surface area contributed by atoms with Gasteiger partial charge in [-0.1, -0.05) is 41.6 Å². The van der Waals surface area contributed by atoms with Crippen molar-refractivity contribution in [2.45, 2.75) is 17.8 Å². The molecule has 0 N–H and O–H groups in total. The van der Waals surface area contributed by atoms with Crippen molar-refractivity contribution in [3.63, 3.8) is 0 Å². The van der Waals surface area contributed by atoms with Gasteiger partial charge in [0.2, 0.25) is 0 Å². The Kier molecular flexibility index (Phi) is 5.54. The van der Waals surface area contributed by atoms with E-state index < -0.39 is 0 Å². The van der Waals surface area contributed by atoms with Crippen LogP contribution in [-0.2, 0) is 19.8 Å². The van der Waals surface area contributed by atoms with Gasteiger partial charge in [0.15, 0.2) is 10.9 Å². The average molecular weight is 438 g/mol. The number of rotatable bonds is 5. The zero-order chi connectivity index (χ0) is 21.4. The molecule has 4 aromatic rings. The molecule has 152 valence electrons. The lowest BCUT2D eigenvalue weighted by Gasteiger charge is -2.09. The number of fused-ring (bicyclic) bond motifs is 1. The molecule has 0 unspecified atom stereocenters. The van der Waals surface area contributed by atoms with Gasteiger partial charge in [-0.3, -0.25) is 14.2 Å². The van der Waals surface area contributed by atoms with Gasteiger partial charge in [0.1, 0.15) is 5.65 Å². The third kappa shape index (κ3) is 3.80. The molecule has 0 fully saturated rings. The Morgan fingerprint density at radius 3 is 2.57 bits per heavy atom. The molecule has 0 saturated heterocycles. The predicted octanol–water partition coefficient (Wildman–Crippen LogP) is 4.76. The summed E-state index contributed by atoms with van der Waals surface area (Å²) in [7, 11) is 3.63. The first-order valence-corrected chi connectivity index (χ1v) is 10.8. The van der Waals surface area contributed by atoms with Crippen LogP contribution < -0.4 is 5.56 Å². The zero-order valence-corrected chi connectivity index (χ0v) is 18.4. The maximum atomic E-state index is 12.8. The molecule has 0 radical (unpaired) electrons. The summed E-state index contributed by atoms with van der Waals surface area (Å²) in [6.07, 6.45) is 1.92. The van der Waals surface area contributed by atoms with Crippen molar-refractivity contribution in [2.75, 3.05) is 0 Å². The second kappa shape index (κ2) is 8.13. The summed E-state index contributed by atoms with van der Waals surface area (Å²) in [4.78, 5) is 30.2. The predicted molar refractivity (Wildman–Crippen MR) is 122 cm³/mol. The molecule has 2 heterocycles. The number of carbonyl (C=O) groups excluding carboxylic acids is 1. The summed E-state index contributed by atoms with van der Waals surface area (Å²) < 4.78 is 3.46. The van der Waals surface area contributed by atoms with Crippen LogP contribution in [0.3, 0.4) is 0 Å². The van der Waals surface area contributed by atoms with Gasteiger partial charge in [-0.05, 0) is 48.4 Å². The molecule has 4 rings (SSSR count). The molecule has 7 heteroatoms. The van der Waals surface area contributed by atoms with Crippen molar-refractivity contribution < 1.29 is 4.79 Å². The second-order valence-electron chi connectivity index (χ2n) is 7.21. The van der Waals surface area contributed by atoms with Crippen molar-refractivity contribution in [3.05, 3.63) is 92.4 Å². The van der Waals surface area contributed by atoms with Gasteiger partial charge in [-0.2, -0.15) is 0 Å². The molecular formula is C23H20ClN3O2S. The van der Waals surface area contributed by atoms with Crippen molar-refractivity contribution in [1.29, 1.82) is 0 Å². The Bertz CT molecular complexity index is 1320. The second-order valence-corrected chi connectivity index (χ2v) is 8.58. The van der Waals surface area contributed by atoms with Crippen LogP contribution in [0.5, 0.6) is 0 Å². The van der Waals surface area contributed by atoms with E-state index in [1.807, 2.05) is 42.9 Å². The van der Waals surface area contributed by atoms with E-state index in [0.29, 0.717) is 38.1 Å². The Balaban J connectivity index is 1.59. The Hall–Kier alpha value is -2.83. The molecule has 0 aliphatic heterocycles. The number of halogens is 1. The van der Waals surface area contributed by atoms with E-state index in [9.17, 15) is 9.59 Å². The van der Waals surface area contributed by atoms with Crippen molar-refractivity contribution >= 4 is 40.2 Å². The van der Waals surface area contributed by atoms with Crippen LogP contribution in [0.15, 0.2) is 64.7 Å². The summed E-state index contributed by atoms with van der Waals surface area (Å²) in [5.74, 6) is 0.543. The number of ketones is 1. The maximum absolute atomic E-state index is 12.8. The minimum absolute atomic E-state index is 0.0488. The van der Waals surface area contributed by atoms with Crippen LogP contribution >= 0.6 is 23.4 Å². The average Bonchev–Trinajstić information content (AvgIpc) is 3.03. The van der Waals surface area contributed by atoms with E-state index in [1.165, 1.54) is 11.8 Å². The third-order valence-electron chi connectivity index (χ3n) is 5.01. The fourth-order valence-electron chi connectivity index (χ4n) is 3.44. The van der Waals surface area contributed by atoms with Gasteiger partial charge in [-0.15, -0.1) is 0 Å². The molecule has 30 heavy (non-hydrogen) atoms. The summed E-state index contributed by atoms with van der Waals surface area (Å²) >= 11 is 7.39. The largest absolute Gasteiger partial charge is 0.335 e. The van der Waals surface area contributed by atoms with Crippen molar-refractivity contribution in [2.24, 2.45) is 14.1 Å². The molecule has 5 nitrogen and oxygen atoms in total. The van der Waals surface area contributed by atoms with Gasteiger partial charge < -0.3 is 4.57 Å². The van der Waals surface area contributed by atoms with Gasteiger partial charge in [0.05, 0.1) is 5.39 Å². The Labute approximate surface area is 183 Å². The summed E-state index contributed by atoms with van der Waals surface area (Å²) in [5, 5.41) is 1.89. The quantitative estimate of drug-likeness (QED) is 0.256. The first kappa shape index (κ1) is 20.4. The maximum Gasteiger partial charge on any atom is 0.263 e. The number of benzene rings is 2. The third-order valence-corrected chi connectivity index (χ3v) is 6.36. The SMILES string of the molecule is Cc1cn(C)c2nc(SCc3cccc(C(=O)c4ccc(Cl)cc4)c3)n(C)c(=O)c12. The van der Waals surface area contributed by atoms with E-state index in [-0.39, 0.29) is 11.3 Å². The highest BCUT2D eigenvalue weighted by atomic mass is 35.5. The molecule has 0 amide bonds. The van der Waals surface area contributed by atoms with Gasteiger partial charge >= 0.3 is 0 Å². The lowest BCUT2D eigenvalue weighted by atomic mass is 10.0. The van der Waals surface area contributed by atoms with Crippen LogP contribution in [0.4, 0.5) is 0 Å². The van der Waals surface area contributed by atoms with E-state index in [2.05, 4.69) is 0 Å².